The number of aliphatic hydroxyl groups is 3. The molecule has 3 N–H and O–H groups in total. The average molecular weight is 465 g/mol. The van der Waals surface area contributed by atoms with Gasteiger partial charge in [-0.15, -0.1) is 0 Å². The number of aliphatic hydroxyl groups excluding tert-OH is 2. The summed E-state index contributed by atoms with van der Waals surface area (Å²) in [7, 11) is 0. The number of hydrogen-bond acceptors (Lipinski definition) is 5. The summed E-state index contributed by atoms with van der Waals surface area (Å²) in [5.41, 5.74) is 4.18. The lowest BCUT2D eigenvalue weighted by Gasteiger charge is -2.41. The van der Waals surface area contributed by atoms with Crippen molar-refractivity contribution in [2.45, 2.75) is 96.4 Å². The van der Waals surface area contributed by atoms with Gasteiger partial charge in [0.05, 0.1) is 31.0 Å². The van der Waals surface area contributed by atoms with E-state index in [0.717, 1.165) is 43.6 Å². The van der Waals surface area contributed by atoms with Crippen LogP contribution in [0.25, 0.3) is 0 Å². The van der Waals surface area contributed by atoms with Crippen LogP contribution >= 0.6 is 11.8 Å². The van der Waals surface area contributed by atoms with Crippen LogP contribution in [0.4, 0.5) is 0 Å². The van der Waals surface area contributed by atoms with Gasteiger partial charge in [0, 0.05) is 11.5 Å². The third kappa shape index (κ3) is 6.09. The molecule has 4 nitrogen and oxygen atoms in total. The normalized spacial score (nSPS) is 33.6. The largest absolute Gasteiger partial charge is 0.394 e. The summed E-state index contributed by atoms with van der Waals surface area (Å²) in [5.74, 6) is 2.44. The highest BCUT2D eigenvalue weighted by atomic mass is 32.2. The van der Waals surface area contributed by atoms with E-state index in [-0.39, 0.29) is 18.1 Å². The fourth-order valence-corrected chi connectivity index (χ4v) is 7.29. The van der Waals surface area contributed by atoms with Crippen LogP contribution < -0.4 is 0 Å². The van der Waals surface area contributed by atoms with Gasteiger partial charge in [0.25, 0.3) is 0 Å². The van der Waals surface area contributed by atoms with Crippen molar-refractivity contribution < 1.29 is 20.1 Å². The van der Waals surface area contributed by atoms with Gasteiger partial charge in [0.15, 0.2) is 0 Å². The molecular formula is C27H44O4S. The van der Waals surface area contributed by atoms with Gasteiger partial charge in [-0.05, 0) is 69.1 Å². The van der Waals surface area contributed by atoms with Gasteiger partial charge in [-0.25, -0.2) is 0 Å². The molecule has 0 radical (unpaired) electrons. The summed E-state index contributed by atoms with van der Waals surface area (Å²) in [5, 5.41) is 30.0. The predicted octanol–water partition coefficient (Wildman–Crippen LogP) is 5.18. The molecule has 5 heteroatoms. The second-order valence-corrected chi connectivity index (χ2v) is 11.2. The number of hydrogen-bond donors (Lipinski definition) is 3. The molecule has 0 heterocycles. The van der Waals surface area contributed by atoms with Crippen molar-refractivity contribution in [1.82, 2.24) is 0 Å². The summed E-state index contributed by atoms with van der Waals surface area (Å²) >= 11 is 1.90. The van der Waals surface area contributed by atoms with Crippen LogP contribution in [0.3, 0.4) is 0 Å². The Balaban J connectivity index is 1.59. The van der Waals surface area contributed by atoms with Gasteiger partial charge in [0.1, 0.15) is 0 Å². The first-order valence-electron chi connectivity index (χ1n) is 12.6. The minimum absolute atomic E-state index is 0.00474. The lowest BCUT2D eigenvalue weighted by molar-refractivity contribution is -0.0582. The Hall–Kier alpha value is -0.590. The topological polar surface area (TPSA) is 69.9 Å². The molecule has 0 amide bonds. The predicted molar refractivity (Wildman–Crippen MR) is 134 cm³/mol. The maximum atomic E-state index is 10.6. The first-order valence-corrected chi connectivity index (χ1v) is 13.8. The van der Waals surface area contributed by atoms with E-state index in [9.17, 15) is 10.2 Å². The maximum Gasteiger partial charge on any atom is 0.0841 e. The molecule has 3 rings (SSSR count). The van der Waals surface area contributed by atoms with Crippen molar-refractivity contribution in [2.24, 2.45) is 11.3 Å². The van der Waals surface area contributed by atoms with E-state index in [1.54, 1.807) is 11.1 Å². The van der Waals surface area contributed by atoms with Gasteiger partial charge in [0.2, 0.25) is 0 Å². The quantitative estimate of drug-likeness (QED) is 0.389. The van der Waals surface area contributed by atoms with Gasteiger partial charge in [-0.1, -0.05) is 55.7 Å². The standard InChI is InChI=1S/C27H44O4S/c1-4-27(30,5-2)19-32-18-22-11-12-23-21(7-6-14-26(22,23)3)10-8-20-9-13-25(24(29)17-20)31-16-15-28/h8,10-11,23-25,28-30H,4-7,9,12-19H2,1-3H3/b20-8-,21-10+/t23?,24-,25+,26?/m1/s1. The van der Waals surface area contributed by atoms with Crippen LogP contribution in [0.1, 0.15) is 78.6 Å². The number of ether oxygens (including phenoxy) is 1. The summed E-state index contributed by atoms with van der Waals surface area (Å²) < 4.78 is 5.57. The van der Waals surface area contributed by atoms with Crippen LogP contribution in [0.5, 0.6) is 0 Å². The van der Waals surface area contributed by atoms with E-state index < -0.39 is 11.7 Å². The molecule has 0 spiro atoms. The molecule has 0 aromatic heterocycles. The van der Waals surface area contributed by atoms with E-state index in [4.69, 9.17) is 9.84 Å². The van der Waals surface area contributed by atoms with Crippen molar-refractivity contribution in [3.8, 4) is 0 Å². The maximum absolute atomic E-state index is 10.6. The summed E-state index contributed by atoms with van der Waals surface area (Å²) in [4.78, 5) is 0. The van der Waals surface area contributed by atoms with Gasteiger partial charge in [-0.2, -0.15) is 11.8 Å². The summed E-state index contributed by atoms with van der Waals surface area (Å²) in [6.07, 6.45) is 15.4. The van der Waals surface area contributed by atoms with Crippen molar-refractivity contribution in [3.63, 3.8) is 0 Å². The molecule has 4 atom stereocenters. The van der Waals surface area contributed by atoms with Gasteiger partial charge in [-0.3, -0.25) is 0 Å². The Bertz CT molecular complexity index is 708. The second-order valence-electron chi connectivity index (χ2n) is 10.2. The smallest absolute Gasteiger partial charge is 0.0841 e. The number of thioether (sulfide) groups is 1. The van der Waals surface area contributed by atoms with E-state index in [2.05, 4.69) is 39.0 Å². The number of fused-ring (bicyclic) bond motifs is 1. The molecule has 0 bridgehead atoms. The van der Waals surface area contributed by atoms with Crippen LogP contribution in [-0.2, 0) is 4.74 Å². The zero-order chi connectivity index (χ0) is 23.2. The number of allylic oxidation sites excluding steroid dienone is 4. The molecule has 0 aliphatic heterocycles. The lowest BCUT2D eigenvalue weighted by Crippen LogP contribution is -2.34. The van der Waals surface area contributed by atoms with Crippen LogP contribution in [-0.4, -0.2) is 57.8 Å². The van der Waals surface area contributed by atoms with Crippen LogP contribution in [0.2, 0.25) is 0 Å². The second kappa shape index (κ2) is 11.7. The summed E-state index contributed by atoms with van der Waals surface area (Å²) in [6.45, 7) is 6.92. The molecule has 2 unspecified atom stereocenters. The van der Waals surface area contributed by atoms with Crippen LogP contribution in [0.15, 0.2) is 34.9 Å². The fourth-order valence-electron chi connectivity index (χ4n) is 5.73. The van der Waals surface area contributed by atoms with E-state index >= 15 is 0 Å². The van der Waals surface area contributed by atoms with Crippen molar-refractivity contribution in [1.29, 1.82) is 0 Å². The molecule has 0 saturated heterocycles. The highest BCUT2D eigenvalue weighted by Crippen LogP contribution is 2.55. The molecule has 182 valence electrons. The van der Waals surface area contributed by atoms with Crippen molar-refractivity contribution in [3.05, 3.63) is 34.9 Å². The van der Waals surface area contributed by atoms with E-state index in [1.807, 2.05) is 11.8 Å². The number of rotatable bonds is 10. The molecule has 2 fully saturated rings. The minimum atomic E-state index is -0.527. The minimum Gasteiger partial charge on any atom is -0.394 e. The third-order valence-corrected chi connectivity index (χ3v) is 9.52. The summed E-state index contributed by atoms with van der Waals surface area (Å²) in [6, 6.07) is 0. The first-order chi connectivity index (χ1) is 15.3. The Morgan fingerprint density at radius 1 is 1.25 bits per heavy atom. The Labute approximate surface area is 199 Å². The Morgan fingerprint density at radius 2 is 2.03 bits per heavy atom. The average Bonchev–Trinajstić information content (AvgIpc) is 3.13. The van der Waals surface area contributed by atoms with E-state index in [0.29, 0.717) is 18.9 Å². The van der Waals surface area contributed by atoms with Gasteiger partial charge < -0.3 is 20.1 Å². The van der Waals surface area contributed by atoms with Crippen LogP contribution in [0, 0.1) is 11.3 Å². The van der Waals surface area contributed by atoms with E-state index in [1.165, 1.54) is 24.8 Å². The molecule has 0 aromatic carbocycles. The highest BCUT2D eigenvalue weighted by Gasteiger charge is 2.44. The zero-order valence-corrected chi connectivity index (χ0v) is 21.1. The zero-order valence-electron chi connectivity index (χ0n) is 20.3. The van der Waals surface area contributed by atoms with Crippen molar-refractivity contribution in [2.75, 3.05) is 24.7 Å². The fraction of sp³-hybridized carbons (Fsp3) is 0.778. The highest BCUT2D eigenvalue weighted by molar-refractivity contribution is 7.99. The molecule has 3 aliphatic carbocycles. The molecule has 2 saturated carbocycles. The third-order valence-electron chi connectivity index (χ3n) is 8.26. The molecule has 32 heavy (non-hydrogen) atoms. The Kier molecular flexibility index (Phi) is 9.52. The molecular weight excluding hydrogens is 420 g/mol. The van der Waals surface area contributed by atoms with Gasteiger partial charge >= 0.3 is 0 Å². The Morgan fingerprint density at radius 3 is 2.72 bits per heavy atom. The monoisotopic (exact) mass is 464 g/mol. The SMILES string of the molecule is CCC(O)(CC)CSCC1=CCC2/C(=C/C=C3/CC[C@H](OCCO)[C@H](O)C3)CCCC12C. The molecule has 3 aliphatic rings. The van der Waals surface area contributed by atoms with Crippen molar-refractivity contribution >= 4 is 11.8 Å². The lowest BCUT2D eigenvalue weighted by atomic mass is 9.64. The first kappa shape index (κ1) is 26.0. The molecule has 0 aromatic rings.